The largest absolute Gasteiger partial charge is 0.371 e. The summed E-state index contributed by atoms with van der Waals surface area (Å²) in [7, 11) is 0. The van der Waals surface area contributed by atoms with E-state index in [0.29, 0.717) is 18.8 Å². The molecule has 2 fully saturated rings. The first kappa shape index (κ1) is 14.8. The Kier molecular flexibility index (Phi) is 4.51. The summed E-state index contributed by atoms with van der Waals surface area (Å²) in [6.07, 6.45) is 5.21. The average molecular weight is 300 g/mol. The molecule has 2 saturated heterocycles. The van der Waals surface area contributed by atoms with Crippen LogP contribution >= 0.6 is 0 Å². The molecule has 0 spiro atoms. The van der Waals surface area contributed by atoms with Gasteiger partial charge in [0, 0.05) is 56.7 Å². The van der Waals surface area contributed by atoms with Crippen LogP contribution in [0.2, 0.25) is 0 Å². The van der Waals surface area contributed by atoms with Crippen LogP contribution in [0.5, 0.6) is 0 Å². The fraction of sp³-hybridized carbons (Fsp3) is 0.500. The van der Waals surface area contributed by atoms with Gasteiger partial charge in [0.25, 0.3) is 0 Å². The quantitative estimate of drug-likeness (QED) is 0.803. The molecule has 22 heavy (non-hydrogen) atoms. The summed E-state index contributed by atoms with van der Waals surface area (Å²) in [5.74, 6) is 1.98. The number of nitrogens with one attached hydrogen (secondary N) is 1. The number of rotatable bonds is 2. The normalized spacial score (nSPS) is 19.9. The van der Waals surface area contributed by atoms with E-state index < -0.39 is 0 Å². The summed E-state index contributed by atoms with van der Waals surface area (Å²) in [4.78, 5) is 31.5. The fourth-order valence-corrected chi connectivity index (χ4v) is 3.12. The summed E-state index contributed by atoms with van der Waals surface area (Å²) >= 11 is 0. The Bertz CT molecular complexity index is 575. The standard InChI is InChI=1S/C16H20N4O2/c21-12-15-11-18-7-10-20(15)16(22)13-3-8-19(9-4-13)14-1-5-17-6-2-14/h1-2,5-6,13,18H,3-4,7-11H2. The second-order valence-corrected chi connectivity index (χ2v) is 5.68. The van der Waals surface area contributed by atoms with E-state index in [1.54, 1.807) is 17.3 Å². The summed E-state index contributed by atoms with van der Waals surface area (Å²) in [6.45, 7) is 3.44. The highest BCUT2D eigenvalue weighted by Crippen LogP contribution is 2.25. The van der Waals surface area contributed by atoms with Crippen LogP contribution in [-0.2, 0) is 9.59 Å². The Morgan fingerprint density at radius 3 is 2.64 bits per heavy atom. The highest BCUT2D eigenvalue weighted by Gasteiger charge is 2.31. The van der Waals surface area contributed by atoms with Crippen LogP contribution in [0.4, 0.5) is 5.69 Å². The van der Waals surface area contributed by atoms with Gasteiger partial charge in [0.1, 0.15) is 11.6 Å². The molecule has 0 aliphatic carbocycles. The molecule has 1 N–H and O–H groups in total. The molecule has 2 aliphatic heterocycles. The van der Waals surface area contributed by atoms with Gasteiger partial charge in [0.2, 0.25) is 5.91 Å². The van der Waals surface area contributed by atoms with Crippen LogP contribution < -0.4 is 10.2 Å². The number of carbonyl (C=O) groups excluding carboxylic acids is 2. The van der Waals surface area contributed by atoms with Crippen molar-refractivity contribution in [2.75, 3.05) is 37.6 Å². The molecule has 116 valence electrons. The van der Waals surface area contributed by atoms with Gasteiger partial charge in [-0.1, -0.05) is 0 Å². The van der Waals surface area contributed by atoms with Crippen LogP contribution in [0.25, 0.3) is 0 Å². The van der Waals surface area contributed by atoms with Crippen molar-refractivity contribution in [2.45, 2.75) is 12.8 Å². The zero-order chi connectivity index (χ0) is 15.4. The maximum Gasteiger partial charge on any atom is 0.230 e. The molecule has 1 amide bonds. The van der Waals surface area contributed by atoms with E-state index in [-0.39, 0.29) is 11.8 Å². The van der Waals surface area contributed by atoms with Crippen molar-refractivity contribution in [3.8, 4) is 0 Å². The second kappa shape index (κ2) is 6.73. The van der Waals surface area contributed by atoms with Crippen LogP contribution in [0.3, 0.4) is 0 Å². The van der Waals surface area contributed by atoms with Crippen molar-refractivity contribution in [1.29, 1.82) is 0 Å². The van der Waals surface area contributed by atoms with Gasteiger partial charge in [0.15, 0.2) is 0 Å². The molecular weight excluding hydrogens is 280 g/mol. The second-order valence-electron chi connectivity index (χ2n) is 5.68. The first-order valence-electron chi connectivity index (χ1n) is 7.70. The summed E-state index contributed by atoms with van der Waals surface area (Å²) in [5.41, 5.74) is 1.59. The van der Waals surface area contributed by atoms with Crippen LogP contribution in [-0.4, -0.2) is 54.5 Å². The molecule has 0 bridgehead atoms. The van der Waals surface area contributed by atoms with Crippen molar-refractivity contribution in [3.63, 3.8) is 0 Å². The molecule has 0 atom stereocenters. The Hall–Kier alpha value is -2.17. The average Bonchev–Trinajstić information content (AvgIpc) is 2.62. The zero-order valence-electron chi connectivity index (χ0n) is 12.5. The third kappa shape index (κ3) is 3.03. The SMILES string of the molecule is O=C=C1CNCCN1C(=O)C1CCN(c2ccncc2)CC1. The molecule has 1 aromatic heterocycles. The lowest BCUT2D eigenvalue weighted by atomic mass is 9.94. The van der Waals surface area contributed by atoms with Crippen molar-refractivity contribution >= 4 is 17.5 Å². The van der Waals surface area contributed by atoms with E-state index in [1.807, 2.05) is 18.1 Å². The van der Waals surface area contributed by atoms with Crippen LogP contribution in [0.1, 0.15) is 12.8 Å². The van der Waals surface area contributed by atoms with Crippen LogP contribution in [0, 0.1) is 5.92 Å². The number of aromatic nitrogens is 1. The zero-order valence-corrected chi connectivity index (χ0v) is 12.5. The highest BCUT2D eigenvalue weighted by molar-refractivity contribution is 5.83. The van der Waals surface area contributed by atoms with E-state index in [0.717, 1.165) is 38.2 Å². The molecule has 3 heterocycles. The first-order chi connectivity index (χ1) is 10.8. The van der Waals surface area contributed by atoms with Crippen LogP contribution in [0.15, 0.2) is 30.2 Å². The summed E-state index contributed by atoms with van der Waals surface area (Å²) in [6, 6.07) is 3.98. The van der Waals surface area contributed by atoms with Gasteiger partial charge in [-0.15, -0.1) is 0 Å². The Morgan fingerprint density at radius 2 is 1.95 bits per heavy atom. The Balaban J connectivity index is 1.61. The molecule has 6 nitrogen and oxygen atoms in total. The van der Waals surface area contributed by atoms with Gasteiger partial charge in [0.05, 0.1) is 0 Å². The lowest BCUT2D eigenvalue weighted by Crippen LogP contribution is -2.49. The van der Waals surface area contributed by atoms with E-state index in [1.165, 1.54) is 0 Å². The Morgan fingerprint density at radius 1 is 1.23 bits per heavy atom. The van der Waals surface area contributed by atoms with Gasteiger partial charge in [-0.2, -0.15) is 0 Å². The number of nitrogens with zero attached hydrogens (tertiary/aromatic N) is 3. The fourth-order valence-electron chi connectivity index (χ4n) is 3.12. The predicted molar refractivity (Wildman–Crippen MR) is 83.0 cm³/mol. The minimum absolute atomic E-state index is 0.000428. The maximum absolute atomic E-state index is 12.6. The molecule has 3 rings (SSSR count). The summed E-state index contributed by atoms with van der Waals surface area (Å²) < 4.78 is 0. The molecule has 2 aliphatic rings. The van der Waals surface area contributed by atoms with E-state index in [4.69, 9.17) is 0 Å². The third-order valence-corrected chi connectivity index (χ3v) is 4.39. The van der Waals surface area contributed by atoms with E-state index in [9.17, 15) is 9.59 Å². The number of pyridine rings is 1. The van der Waals surface area contributed by atoms with Crippen molar-refractivity contribution < 1.29 is 9.59 Å². The van der Waals surface area contributed by atoms with E-state index in [2.05, 4.69) is 15.2 Å². The highest BCUT2D eigenvalue weighted by atomic mass is 16.2. The first-order valence-corrected chi connectivity index (χ1v) is 7.70. The Labute approximate surface area is 129 Å². The van der Waals surface area contributed by atoms with Crippen molar-refractivity contribution in [1.82, 2.24) is 15.2 Å². The molecule has 0 aromatic carbocycles. The van der Waals surface area contributed by atoms with Crippen molar-refractivity contribution in [2.24, 2.45) is 5.92 Å². The molecule has 0 saturated carbocycles. The van der Waals surface area contributed by atoms with Crippen molar-refractivity contribution in [3.05, 3.63) is 30.2 Å². The minimum Gasteiger partial charge on any atom is -0.371 e. The lowest BCUT2D eigenvalue weighted by molar-refractivity contribution is -0.134. The molecule has 0 radical (unpaired) electrons. The van der Waals surface area contributed by atoms with E-state index >= 15 is 0 Å². The minimum atomic E-state index is -0.000428. The number of carbonyl (C=O) groups is 1. The van der Waals surface area contributed by atoms with Gasteiger partial charge in [-0.25, -0.2) is 4.79 Å². The van der Waals surface area contributed by atoms with Gasteiger partial charge < -0.3 is 15.1 Å². The number of hydrogen-bond acceptors (Lipinski definition) is 5. The number of amides is 1. The van der Waals surface area contributed by atoms with Gasteiger partial charge in [-0.3, -0.25) is 9.78 Å². The molecular formula is C16H20N4O2. The summed E-state index contributed by atoms with van der Waals surface area (Å²) in [5, 5.41) is 3.09. The number of anilines is 1. The predicted octanol–water partition coefficient (Wildman–Crippen LogP) is 0.445. The van der Waals surface area contributed by atoms with Gasteiger partial charge in [-0.05, 0) is 25.0 Å². The van der Waals surface area contributed by atoms with Gasteiger partial charge >= 0.3 is 0 Å². The number of piperazine rings is 1. The third-order valence-electron chi connectivity index (χ3n) is 4.39. The lowest BCUT2D eigenvalue weighted by Gasteiger charge is -2.36. The smallest absolute Gasteiger partial charge is 0.230 e. The number of piperidine rings is 1. The number of hydrogen-bond donors (Lipinski definition) is 1. The molecule has 6 heteroatoms. The maximum atomic E-state index is 12.6. The topological polar surface area (TPSA) is 65.5 Å². The molecule has 0 unspecified atom stereocenters. The molecule has 1 aromatic rings. The monoisotopic (exact) mass is 300 g/mol.